The molecular formula is C12H7NO3. The molecule has 0 atom stereocenters. The molecular weight excluding hydrogens is 206 g/mol. The SMILES string of the molecule is C#Cc1cccc2c1ccc(=O)n2C(=O)O. The van der Waals surface area contributed by atoms with Crippen LogP contribution in [0.1, 0.15) is 5.56 Å². The molecule has 1 heterocycles. The van der Waals surface area contributed by atoms with Crippen molar-refractivity contribution in [3.05, 3.63) is 46.2 Å². The lowest BCUT2D eigenvalue weighted by atomic mass is 10.1. The molecule has 2 rings (SSSR count). The first-order chi connectivity index (χ1) is 7.65. The second-order valence-electron chi connectivity index (χ2n) is 3.17. The van der Waals surface area contributed by atoms with Gasteiger partial charge in [-0.2, -0.15) is 0 Å². The fourth-order valence-corrected chi connectivity index (χ4v) is 1.59. The average Bonchev–Trinajstić information content (AvgIpc) is 2.27. The molecule has 0 aliphatic carbocycles. The predicted molar refractivity (Wildman–Crippen MR) is 59.6 cm³/mol. The maximum atomic E-state index is 11.4. The van der Waals surface area contributed by atoms with Crippen molar-refractivity contribution in [2.24, 2.45) is 0 Å². The van der Waals surface area contributed by atoms with Gasteiger partial charge in [-0.25, -0.2) is 9.36 Å². The van der Waals surface area contributed by atoms with Crippen LogP contribution in [0, 0.1) is 12.3 Å². The van der Waals surface area contributed by atoms with E-state index in [1.807, 2.05) is 0 Å². The van der Waals surface area contributed by atoms with Gasteiger partial charge in [0.2, 0.25) is 0 Å². The molecule has 2 aromatic rings. The molecule has 78 valence electrons. The zero-order valence-corrected chi connectivity index (χ0v) is 8.18. The standard InChI is InChI=1S/C12H7NO3/c1-2-8-4-3-5-10-9(8)6-7-11(14)13(10)12(15)16/h1,3-7H,(H,15,16). The Bertz CT molecular complexity index is 677. The van der Waals surface area contributed by atoms with Crippen LogP contribution in [0.25, 0.3) is 10.9 Å². The third-order valence-electron chi connectivity index (χ3n) is 2.28. The van der Waals surface area contributed by atoms with Crippen LogP contribution >= 0.6 is 0 Å². The van der Waals surface area contributed by atoms with Gasteiger partial charge in [0, 0.05) is 17.0 Å². The smallest absolute Gasteiger partial charge is 0.419 e. The van der Waals surface area contributed by atoms with Crippen LogP contribution in [-0.4, -0.2) is 15.8 Å². The first-order valence-electron chi connectivity index (χ1n) is 4.50. The number of terminal acetylenes is 1. The van der Waals surface area contributed by atoms with E-state index in [1.165, 1.54) is 12.1 Å². The van der Waals surface area contributed by atoms with Crippen LogP contribution in [0.5, 0.6) is 0 Å². The van der Waals surface area contributed by atoms with E-state index in [-0.39, 0.29) is 0 Å². The number of hydrogen-bond acceptors (Lipinski definition) is 2. The van der Waals surface area contributed by atoms with Crippen LogP contribution in [0.3, 0.4) is 0 Å². The molecule has 4 heteroatoms. The molecule has 1 aromatic carbocycles. The molecule has 0 fully saturated rings. The highest BCUT2D eigenvalue weighted by molar-refractivity contribution is 5.90. The Balaban J connectivity index is 3.02. The van der Waals surface area contributed by atoms with E-state index in [9.17, 15) is 9.59 Å². The zero-order chi connectivity index (χ0) is 11.7. The second kappa shape index (κ2) is 3.55. The first kappa shape index (κ1) is 9.99. The summed E-state index contributed by atoms with van der Waals surface area (Å²) in [6.45, 7) is 0. The number of nitrogens with zero attached hydrogens (tertiary/aromatic N) is 1. The van der Waals surface area contributed by atoms with E-state index < -0.39 is 11.7 Å². The Morgan fingerprint density at radius 3 is 2.69 bits per heavy atom. The summed E-state index contributed by atoms with van der Waals surface area (Å²) in [4.78, 5) is 22.4. The highest BCUT2D eigenvalue weighted by Gasteiger charge is 2.10. The molecule has 0 aliphatic rings. The van der Waals surface area contributed by atoms with E-state index >= 15 is 0 Å². The van der Waals surface area contributed by atoms with Crippen molar-refractivity contribution in [2.75, 3.05) is 0 Å². The topological polar surface area (TPSA) is 59.3 Å². The van der Waals surface area contributed by atoms with E-state index in [0.29, 0.717) is 21.0 Å². The van der Waals surface area contributed by atoms with Gasteiger partial charge in [-0.3, -0.25) is 4.79 Å². The zero-order valence-electron chi connectivity index (χ0n) is 8.18. The number of pyridine rings is 1. The fourth-order valence-electron chi connectivity index (χ4n) is 1.59. The second-order valence-corrected chi connectivity index (χ2v) is 3.17. The summed E-state index contributed by atoms with van der Waals surface area (Å²) in [6.07, 6.45) is 3.98. The highest BCUT2D eigenvalue weighted by atomic mass is 16.4. The largest absolute Gasteiger partial charge is 0.464 e. The van der Waals surface area contributed by atoms with Crippen molar-refractivity contribution in [2.45, 2.75) is 0 Å². The Morgan fingerprint density at radius 2 is 2.06 bits per heavy atom. The number of hydrogen-bond donors (Lipinski definition) is 1. The Hall–Kier alpha value is -2.54. The van der Waals surface area contributed by atoms with Crippen molar-refractivity contribution in [3.63, 3.8) is 0 Å². The fraction of sp³-hybridized carbons (Fsp3) is 0. The highest BCUT2D eigenvalue weighted by Crippen LogP contribution is 2.16. The van der Waals surface area contributed by atoms with Crippen LogP contribution in [0.15, 0.2) is 35.1 Å². The van der Waals surface area contributed by atoms with Gasteiger partial charge in [0.1, 0.15) is 0 Å². The lowest BCUT2D eigenvalue weighted by molar-refractivity contribution is 0.196. The van der Waals surface area contributed by atoms with Crippen LogP contribution in [-0.2, 0) is 0 Å². The third kappa shape index (κ3) is 1.35. The molecule has 0 spiro atoms. The Labute approximate surface area is 90.8 Å². The van der Waals surface area contributed by atoms with Crippen molar-refractivity contribution in [1.29, 1.82) is 0 Å². The lowest BCUT2D eigenvalue weighted by Gasteiger charge is -2.05. The van der Waals surface area contributed by atoms with E-state index in [0.717, 1.165) is 0 Å². The molecule has 4 nitrogen and oxygen atoms in total. The van der Waals surface area contributed by atoms with Gasteiger partial charge in [-0.05, 0) is 18.2 Å². The Morgan fingerprint density at radius 1 is 1.31 bits per heavy atom. The van der Waals surface area contributed by atoms with Crippen molar-refractivity contribution < 1.29 is 9.90 Å². The maximum Gasteiger partial charge on any atom is 0.419 e. The normalized spacial score (nSPS) is 9.94. The molecule has 0 saturated carbocycles. The molecule has 0 bridgehead atoms. The number of carboxylic acid groups (broad SMARTS) is 1. The molecule has 0 saturated heterocycles. The van der Waals surface area contributed by atoms with E-state index in [2.05, 4.69) is 5.92 Å². The summed E-state index contributed by atoms with van der Waals surface area (Å²) in [5.74, 6) is 2.45. The summed E-state index contributed by atoms with van der Waals surface area (Å²) in [5.41, 5.74) is 0.275. The van der Waals surface area contributed by atoms with Gasteiger partial charge in [0.05, 0.1) is 5.52 Å². The van der Waals surface area contributed by atoms with Gasteiger partial charge in [0.15, 0.2) is 0 Å². The summed E-state index contributed by atoms with van der Waals surface area (Å²) in [5, 5.41) is 9.51. The maximum absolute atomic E-state index is 11.4. The molecule has 1 aromatic heterocycles. The number of benzene rings is 1. The minimum atomic E-state index is -1.32. The van der Waals surface area contributed by atoms with Crippen LogP contribution in [0.4, 0.5) is 4.79 Å². The van der Waals surface area contributed by atoms with Crippen LogP contribution < -0.4 is 5.56 Å². The first-order valence-corrected chi connectivity index (χ1v) is 4.50. The van der Waals surface area contributed by atoms with E-state index in [1.54, 1.807) is 18.2 Å². The molecule has 0 aliphatic heterocycles. The number of rotatable bonds is 0. The lowest BCUT2D eigenvalue weighted by Crippen LogP contribution is -2.25. The number of aromatic nitrogens is 1. The Kier molecular flexibility index (Phi) is 2.22. The minimum Gasteiger partial charge on any atom is -0.464 e. The quantitative estimate of drug-likeness (QED) is 0.675. The molecule has 16 heavy (non-hydrogen) atoms. The van der Waals surface area contributed by atoms with Crippen molar-refractivity contribution >= 4 is 17.0 Å². The monoisotopic (exact) mass is 213 g/mol. The van der Waals surface area contributed by atoms with Gasteiger partial charge in [0.25, 0.3) is 5.56 Å². The molecule has 1 N–H and O–H groups in total. The minimum absolute atomic E-state index is 0.301. The van der Waals surface area contributed by atoms with Crippen molar-refractivity contribution in [3.8, 4) is 12.3 Å². The van der Waals surface area contributed by atoms with Crippen molar-refractivity contribution in [1.82, 2.24) is 4.57 Å². The third-order valence-corrected chi connectivity index (χ3v) is 2.28. The van der Waals surface area contributed by atoms with Gasteiger partial charge in [-0.15, -0.1) is 6.42 Å². The predicted octanol–water partition coefficient (Wildman–Crippen LogP) is 1.51. The summed E-state index contributed by atoms with van der Waals surface area (Å²) < 4.78 is 0.677. The summed E-state index contributed by atoms with van der Waals surface area (Å²) in [7, 11) is 0. The summed E-state index contributed by atoms with van der Waals surface area (Å²) in [6, 6.07) is 7.59. The van der Waals surface area contributed by atoms with E-state index in [4.69, 9.17) is 11.5 Å². The van der Waals surface area contributed by atoms with Gasteiger partial charge < -0.3 is 5.11 Å². The number of fused-ring (bicyclic) bond motifs is 1. The molecule has 0 unspecified atom stereocenters. The number of carbonyl (C=O) groups is 1. The molecule has 0 amide bonds. The van der Waals surface area contributed by atoms with Gasteiger partial charge >= 0.3 is 6.09 Å². The molecule has 0 radical (unpaired) electrons. The van der Waals surface area contributed by atoms with Crippen LogP contribution in [0.2, 0.25) is 0 Å². The van der Waals surface area contributed by atoms with Gasteiger partial charge in [-0.1, -0.05) is 12.0 Å². The average molecular weight is 213 g/mol. The summed E-state index contributed by atoms with van der Waals surface area (Å²) >= 11 is 0.